The second-order valence-electron chi connectivity index (χ2n) is 6.92. The average molecular weight is 322 g/mol. The lowest BCUT2D eigenvalue weighted by Gasteiger charge is -2.21. The summed E-state index contributed by atoms with van der Waals surface area (Å²) in [6, 6.07) is 9.20. The Morgan fingerprint density at radius 2 is 1.92 bits per heavy atom. The zero-order valence-electron chi connectivity index (χ0n) is 13.6. The van der Waals surface area contributed by atoms with E-state index >= 15 is 0 Å². The molecule has 0 atom stereocenters. The van der Waals surface area contributed by atoms with E-state index in [9.17, 15) is 9.90 Å². The van der Waals surface area contributed by atoms with E-state index in [-0.39, 0.29) is 5.75 Å². The van der Waals surface area contributed by atoms with Crippen molar-refractivity contribution in [3.63, 3.8) is 0 Å². The molecule has 1 aliphatic carbocycles. The van der Waals surface area contributed by atoms with Crippen molar-refractivity contribution in [2.75, 3.05) is 0 Å². The van der Waals surface area contributed by atoms with Crippen LogP contribution in [0.5, 0.6) is 5.75 Å². The number of nitrogens with two attached hydrogens (primary N) is 1. The van der Waals surface area contributed by atoms with E-state index in [1.165, 1.54) is 37.7 Å². The van der Waals surface area contributed by atoms with Crippen molar-refractivity contribution in [1.29, 1.82) is 0 Å². The Bertz CT molecular complexity index is 920. The van der Waals surface area contributed by atoms with Crippen LogP contribution in [0.25, 0.3) is 21.8 Å². The second-order valence-corrected chi connectivity index (χ2v) is 6.92. The van der Waals surface area contributed by atoms with E-state index < -0.39 is 5.91 Å². The highest BCUT2D eigenvalue weighted by molar-refractivity contribution is 6.19. The molecule has 2 aromatic carbocycles. The van der Waals surface area contributed by atoms with Gasteiger partial charge in [0.1, 0.15) is 5.75 Å². The minimum Gasteiger partial charge on any atom is -0.507 e. The number of aromatic hydroxyl groups is 1. The van der Waals surface area contributed by atoms with Crippen LogP contribution in [0.4, 0.5) is 0 Å². The lowest BCUT2D eigenvalue weighted by atomic mass is 9.84. The van der Waals surface area contributed by atoms with E-state index in [0.29, 0.717) is 16.9 Å². The summed E-state index contributed by atoms with van der Waals surface area (Å²) in [6.07, 6.45) is 7.52. The summed E-state index contributed by atoms with van der Waals surface area (Å²) in [5, 5.41) is 11.9. The molecule has 4 rings (SSSR count). The maximum atomic E-state index is 11.8. The van der Waals surface area contributed by atoms with E-state index in [1.807, 2.05) is 18.2 Å². The van der Waals surface area contributed by atoms with Gasteiger partial charge < -0.3 is 15.8 Å². The van der Waals surface area contributed by atoms with Crippen LogP contribution < -0.4 is 5.73 Å². The number of benzene rings is 2. The van der Waals surface area contributed by atoms with Gasteiger partial charge in [0.15, 0.2) is 0 Å². The predicted molar refractivity (Wildman–Crippen MR) is 96.3 cm³/mol. The molecule has 0 unspecified atom stereocenters. The molecule has 1 saturated carbocycles. The number of aromatic amines is 1. The Morgan fingerprint density at radius 1 is 1.12 bits per heavy atom. The molecule has 1 fully saturated rings. The van der Waals surface area contributed by atoms with Crippen LogP contribution in [0.15, 0.2) is 30.3 Å². The van der Waals surface area contributed by atoms with Gasteiger partial charge in [-0.05, 0) is 36.1 Å². The number of carbonyl (C=O) groups excluding carboxylic acids is 1. The summed E-state index contributed by atoms with van der Waals surface area (Å²) in [6.45, 7) is 0. The van der Waals surface area contributed by atoms with Crippen LogP contribution in [0.1, 0.15) is 48.0 Å². The summed E-state index contributed by atoms with van der Waals surface area (Å²) in [5.74, 6) is 0.421. The number of rotatable bonds is 3. The molecule has 1 heterocycles. The molecule has 4 N–H and O–H groups in total. The standard InChI is InChI=1S/C20H22N2O2/c21-20(24)14-7-4-8-15-17(14)18-16(23)10-9-13(19(18)22-15)11-12-5-2-1-3-6-12/h4,7-10,12,22-23H,1-3,5-6,11H2,(H2,21,24). The zero-order chi connectivity index (χ0) is 16.7. The van der Waals surface area contributed by atoms with Crippen molar-refractivity contribution in [2.45, 2.75) is 38.5 Å². The number of phenols is 1. The van der Waals surface area contributed by atoms with Gasteiger partial charge in [-0.1, -0.05) is 44.2 Å². The number of fused-ring (bicyclic) bond motifs is 3. The average Bonchev–Trinajstić information content (AvgIpc) is 2.99. The fourth-order valence-corrected chi connectivity index (χ4v) is 4.17. The molecule has 1 aliphatic rings. The normalized spacial score (nSPS) is 16.0. The maximum Gasteiger partial charge on any atom is 0.249 e. The predicted octanol–water partition coefficient (Wildman–Crippen LogP) is 4.25. The van der Waals surface area contributed by atoms with Crippen LogP contribution in [-0.4, -0.2) is 16.0 Å². The van der Waals surface area contributed by atoms with Gasteiger partial charge in [-0.2, -0.15) is 0 Å². The van der Waals surface area contributed by atoms with Gasteiger partial charge in [-0.25, -0.2) is 0 Å². The molecule has 0 saturated heterocycles. The highest BCUT2D eigenvalue weighted by Crippen LogP contribution is 2.38. The highest BCUT2D eigenvalue weighted by atomic mass is 16.3. The first-order valence-electron chi connectivity index (χ1n) is 8.70. The Labute approximate surface area is 140 Å². The fraction of sp³-hybridized carbons (Fsp3) is 0.350. The van der Waals surface area contributed by atoms with Gasteiger partial charge in [-0.3, -0.25) is 4.79 Å². The number of hydrogen-bond acceptors (Lipinski definition) is 2. The number of carbonyl (C=O) groups is 1. The van der Waals surface area contributed by atoms with Gasteiger partial charge in [0.2, 0.25) is 5.91 Å². The lowest BCUT2D eigenvalue weighted by molar-refractivity contribution is 0.100. The van der Waals surface area contributed by atoms with Crippen molar-refractivity contribution >= 4 is 27.7 Å². The van der Waals surface area contributed by atoms with Gasteiger partial charge >= 0.3 is 0 Å². The van der Waals surface area contributed by atoms with Crippen LogP contribution in [0.2, 0.25) is 0 Å². The topological polar surface area (TPSA) is 79.1 Å². The maximum absolute atomic E-state index is 11.8. The molecule has 4 nitrogen and oxygen atoms in total. The lowest BCUT2D eigenvalue weighted by Crippen LogP contribution is -2.11. The first kappa shape index (κ1) is 15.1. The van der Waals surface area contributed by atoms with Crippen molar-refractivity contribution in [2.24, 2.45) is 11.7 Å². The summed E-state index contributed by atoms with van der Waals surface area (Å²) in [5.41, 5.74) is 8.97. The van der Waals surface area contributed by atoms with E-state index in [2.05, 4.69) is 4.98 Å². The van der Waals surface area contributed by atoms with Crippen molar-refractivity contribution in [3.8, 4) is 5.75 Å². The first-order valence-corrected chi connectivity index (χ1v) is 8.70. The van der Waals surface area contributed by atoms with E-state index in [4.69, 9.17) is 5.73 Å². The third kappa shape index (κ3) is 2.42. The number of primary amides is 1. The van der Waals surface area contributed by atoms with Gasteiger partial charge in [-0.15, -0.1) is 0 Å². The molecule has 24 heavy (non-hydrogen) atoms. The molecule has 0 bridgehead atoms. The molecular weight excluding hydrogens is 300 g/mol. The van der Waals surface area contributed by atoms with Crippen LogP contribution >= 0.6 is 0 Å². The molecule has 1 aromatic heterocycles. The van der Waals surface area contributed by atoms with Crippen LogP contribution in [-0.2, 0) is 6.42 Å². The fourth-order valence-electron chi connectivity index (χ4n) is 4.17. The number of amides is 1. The monoisotopic (exact) mass is 322 g/mol. The van der Waals surface area contributed by atoms with Crippen molar-refractivity contribution in [3.05, 3.63) is 41.5 Å². The van der Waals surface area contributed by atoms with Crippen LogP contribution in [0, 0.1) is 5.92 Å². The smallest absolute Gasteiger partial charge is 0.249 e. The molecule has 0 aliphatic heterocycles. The third-order valence-electron chi connectivity index (χ3n) is 5.34. The number of phenolic OH excluding ortho intramolecular Hbond substituents is 1. The molecule has 3 aromatic rings. The van der Waals surface area contributed by atoms with E-state index in [1.54, 1.807) is 12.1 Å². The Morgan fingerprint density at radius 3 is 2.67 bits per heavy atom. The number of hydrogen-bond donors (Lipinski definition) is 3. The Kier molecular flexibility index (Phi) is 3.68. The van der Waals surface area contributed by atoms with Gasteiger partial charge in [0.05, 0.1) is 10.9 Å². The quantitative estimate of drug-likeness (QED) is 0.674. The minimum atomic E-state index is -0.474. The minimum absolute atomic E-state index is 0.192. The summed E-state index contributed by atoms with van der Waals surface area (Å²) >= 11 is 0. The number of H-pyrrole nitrogens is 1. The molecule has 0 radical (unpaired) electrons. The molecular formula is C20H22N2O2. The molecule has 1 amide bonds. The zero-order valence-corrected chi connectivity index (χ0v) is 13.6. The Balaban J connectivity index is 1.91. The van der Waals surface area contributed by atoms with Gasteiger partial charge in [0.25, 0.3) is 0 Å². The Hall–Kier alpha value is -2.49. The molecule has 124 valence electrons. The number of nitrogens with one attached hydrogen (secondary N) is 1. The van der Waals surface area contributed by atoms with Crippen molar-refractivity contribution < 1.29 is 9.90 Å². The number of aromatic nitrogens is 1. The summed E-state index contributed by atoms with van der Waals surface area (Å²) in [7, 11) is 0. The third-order valence-corrected chi connectivity index (χ3v) is 5.34. The first-order chi connectivity index (χ1) is 11.6. The molecule has 0 spiro atoms. The summed E-state index contributed by atoms with van der Waals surface area (Å²) in [4.78, 5) is 15.2. The van der Waals surface area contributed by atoms with E-state index in [0.717, 1.165) is 22.8 Å². The SMILES string of the molecule is NC(=O)c1cccc2[nH]c3c(CC4CCCCC4)ccc(O)c3c12. The summed E-state index contributed by atoms with van der Waals surface area (Å²) < 4.78 is 0. The second kappa shape index (κ2) is 5.86. The largest absolute Gasteiger partial charge is 0.507 e. The van der Waals surface area contributed by atoms with Crippen LogP contribution in [0.3, 0.4) is 0 Å². The highest BCUT2D eigenvalue weighted by Gasteiger charge is 2.20. The van der Waals surface area contributed by atoms with Crippen molar-refractivity contribution in [1.82, 2.24) is 4.98 Å². The van der Waals surface area contributed by atoms with Gasteiger partial charge in [0, 0.05) is 16.5 Å². The molecule has 4 heteroatoms.